The van der Waals surface area contributed by atoms with Crippen molar-refractivity contribution in [3.63, 3.8) is 0 Å². The van der Waals surface area contributed by atoms with Gasteiger partial charge >= 0.3 is 11.9 Å². The highest BCUT2D eigenvalue weighted by Crippen LogP contribution is 2.49. The summed E-state index contributed by atoms with van der Waals surface area (Å²) in [6, 6.07) is 0. The third-order valence-electron chi connectivity index (χ3n) is 16.7. The summed E-state index contributed by atoms with van der Waals surface area (Å²) in [6.45, 7) is 16.4. The second-order valence-corrected chi connectivity index (χ2v) is 21.7. The van der Waals surface area contributed by atoms with Gasteiger partial charge in [-0.25, -0.2) is 0 Å². The smallest absolute Gasteiger partial charge is 0.316 e. The van der Waals surface area contributed by atoms with E-state index >= 15 is 0 Å². The number of aliphatic hydroxyl groups is 2. The van der Waals surface area contributed by atoms with E-state index < -0.39 is 96.9 Å². The molecule has 0 amide bonds. The molecule has 0 radical (unpaired) electrons. The number of hydrogen-bond acceptors (Lipinski definition) is 15. The van der Waals surface area contributed by atoms with Crippen LogP contribution in [0.25, 0.3) is 0 Å². The van der Waals surface area contributed by atoms with Gasteiger partial charge in [0.15, 0.2) is 24.5 Å². The molecular weight excluding hydrogens is 901 g/mol. The van der Waals surface area contributed by atoms with Crippen molar-refractivity contribution < 1.29 is 71.9 Å². The molecule has 2 N–H and O–H groups in total. The second kappa shape index (κ2) is 22.8. The van der Waals surface area contributed by atoms with Gasteiger partial charge in [-0.15, -0.1) is 0 Å². The topological polar surface area (TPSA) is 176 Å². The Morgan fingerprint density at radius 2 is 1.64 bits per heavy atom. The van der Waals surface area contributed by atoms with Crippen molar-refractivity contribution in [2.24, 2.45) is 29.6 Å². The number of ether oxygens (including phenoxy) is 11. The molecule has 0 aromatic carbocycles. The van der Waals surface area contributed by atoms with Crippen LogP contribution in [0, 0.1) is 29.6 Å². The van der Waals surface area contributed by atoms with Gasteiger partial charge in [0, 0.05) is 52.2 Å². The van der Waals surface area contributed by atoms with Gasteiger partial charge in [0.2, 0.25) is 0 Å². The van der Waals surface area contributed by atoms with E-state index in [-0.39, 0.29) is 36.6 Å². The van der Waals surface area contributed by atoms with E-state index in [1.54, 1.807) is 27.2 Å². The van der Waals surface area contributed by atoms with Crippen LogP contribution >= 0.6 is 0 Å². The molecule has 392 valence electrons. The summed E-state index contributed by atoms with van der Waals surface area (Å²) in [5.74, 6) is -2.89. The molecule has 8 rings (SSSR count). The van der Waals surface area contributed by atoms with E-state index in [4.69, 9.17) is 52.1 Å². The Kier molecular flexibility index (Phi) is 17.4. The van der Waals surface area contributed by atoms with Crippen LogP contribution in [0.15, 0.2) is 59.3 Å². The maximum atomic E-state index is 14.8. The Labute approximate surface area is 415 Å². The summed E-state index contributed by atoms with van der Waals surface area (Å²) in [4.78, 5) is 28.4. The van der Waals surface area contributed by atoms with Gasteiger partial charge in [0.25, 0.3) is 0 Å². The van der Waals surface area contributed by atoms with Gasteiger partial charge < -0.3 is 62.3 Å². The minimum atomic E-state index is -1.88. The third-order valence-corrected chi connectivity index (χ3v) is 16.7. The fourth-order valence-electron chi connectivity index (χ4n) is 12.3. The number of rotatable bonds is 10. The maximum absolute atomic E-state index is 14.8. The molecule has 1 unspecified atom stereocenters. The predicted molar refractivity (Wildman–Crippen MR) is 258 cm³/mol. The van der Waals surface area contributed by atoms with Crippen LogP contribution < -0.4 is 0 Å². The van der Waals surface area contributed by atoms with Gasteiger partial charge in [0.1, 0.15) is 35.9 Å². The molecule has 8 aliphatic rings. The van der Waals surface area contributed by atoms with Crippen LogP contribution in [0.1, 0.15) is 126 Å². The molecule has 15 nitrogen and oxygen atoms in total. The van der Waals surface area contributed by atoms with Crippen molar-refractivity contribution in [1.82, 2.24) is 0 Å². The molecule has 1 spiro atoms. The SMILES string of the molecule is CC[C@H](C)[C@H]1O[C@]2(CC[C@@H]1C)C[C@@H]1C[C@@H](C/C=C(\C)[C@@H](O[C@H]3C[C@H](OC)[C@@H](O[C@H]4C[C@H](OC)[C@@H](O)[C@H](C)O4)[C@H](C)O3)[C@@H](C)/C=C/C=C3\CO[C@@H]4[C@H](OC(=O)C5CC=CCC5)C(C)=C[C@@H](C(=O)O1)[C@]34O)O2. The molecular formula is C55H82O15. The minimum absolute atomic E-state index is 0.0162. The lowest BCUT2D eigenvalue weighted by molar-refractivity contribution is -0.340. The fourth-order valence-corrected chi connectivity index (χ4v) is 12.3. The zero-order valence-corrected chi connectivity index (χ0v) is 43.2. The quantitative estimate of drug-likeness (QED) is 0.162. The normalized spacial score (nSPS) is 47.1. The first-order valence-corrected chi connectivity index (χ1v) is 26.3. The van der Waals surface area contributed by atoms with Gasteiger partial charge in [-0.3, -0.25) is 9.59 Å². The van der Waals surface area contributed by atoms with Crippen molar-refractivity contribution in [2.75, 3.05) is 20.8 Å². The maximum Gasteiger partial charge on any atom is 0.316 e. The van der Waals surface area contributed by atoms with Gasteiger partial charge in [0.05, 0.1) is 55.3 Å². The Bertz CT molecular complexity index is 1980. The molecule has 0 aromatic rings. The Balaban J connectivity index is 1.10. The van der Waals surface area contributed by atoms with Gasteiger partial charge in [-0.1, -0.05) is 76.6 Å². The summed E-state index contributed by atoms with van der Waals surface area (Å²) < 4.78 is 71.0. The number of allylic oxidation sites excluding steroid dienone is 4. The van der Waals surface area contributed by atoms with Crippen molar-refractivity contribution in [3.8, 4) is 0 Å². The van der Waals surface area contributed by atoms with Crippen molar-refractivity contribution >= 4 is 11.9 Å². The van der Waals surface area contributed by atoms with Gasteiger partial charge in [-0.05, 0) is 88.4 Å². The molecule has 5 fully saturated rings. The van der Waals surface area contributed by atoms with E-state index in [9.17, 15) is 19.8 Å². The zero-order chi connectivity index (χ0) is 50.1. The minimum Gasteiger partial charge on any atom is -0.462 e. The highest BCUT2D eigenvalue weighted by molar-refractivity contribution is 5.79. The Morgan fingerprint density at radius 1 is 0.900 bits per heavy atom. The summed E-state index contributed by atoms with van der Waals surface area (Å²) >= 11 is 0. The van der Waals surface area contributed by atoms with Crippen molar-refractivity contribution in [3.05, 3.63) is 59.3 Å². The molecule has 0 aromatic heterocycles. The number of carbonyl (C=O) groups is 2. The largest absolute Gasteiger partial charge is 0.462 e. The van der Waals surface area contributed by atoms with Crippen LogP contribution in [0.2, 0.25) is 0 Å². The average Bonchev–Trinajstić information content (AvgIpc) is 3.68. The summed E-state index contributed by atoms with van der Waals surface area (Å²) in [7, 11) is 3.23. The first-order valence-electron chi connectivity index (χ1n) is 26.3. The van der Waals surface area contributed by atoms with Crippen molar-refractivity contribution in [1.29, 1.82) is 0 Å². The first kappa shape index (κ1) is 53.5. The van der Waals surface area contributed by atoms with E-state index in [1.807, 2.05) is 38.2 Å². The summed E-state index contributed by atoms with van der Waals surface area (Å²) in [5.41, 5.74) is 0.197. The fraction of sp³-hybridized carbons (Fsp3) is 0.782. The monoisotopic (exact) mass is 983 g/mol. The summed E-state index contributed by atoms with van der Waals surface area (Å²) in [5, 5.41) is 23.7. The standard InChI is InChI=1S/C55H82O15/c1-11-30(2)48-33(5)22-23-54(70-48)28-40-25-39(69-54)21-20-32(4)47(66-45-27-43(61-10)50(36(8)64-45)67-44-26-42(60-9)46(56)35(7)63-44)31(3)16-15-19-38-29-62-51-49(68-52(57)37-17-13-12-14-18-37)34(6)24-41(53(58)65-40)55(38,51)59/h12-13,15-16,19-20,24,30-31,33,35-37,39-51,56,59H,11,14,17-18,21-23,25-29H2,1-10H3/b16-15+,32-20+,38-19+/t30-,31-,33-,35-,36-,37?,39+,40-,41-,42-,43-,44-,45-,46-,47-,48+,49+,50-,51+,54+,55+/m0/s1. The molecule has 6 aliphatic heterocycles. The van der Waals surface area contributed by atoms with E-state index in [0.29, 0.717) is 74.3 Å². The molecule has 2 aliphatic carbocycles. The molecule has 6 heterocycles. The van der Waals surface area contributed by atoms with Crippen LogP contribution in [0.3, 0.4) is 0 Å². The van der Waals surface area contributed by atoms with Gasteiger partial charge in [-0.2, -0.15) is 0 Å². The number of carbonyl (C=O) groups excluding carboxylic acids is 2. The molecule has 15 heteroatoms. The predicted octanol–water partition coefficient (Wildman–Crippen LogP) is 7.51. The third kappa shape index (κ3) is 11.3. The lowest BCUT2D eigenvalue weighted by Gasteiger charge is -2.51. The number of methoxy groups -OCH3 is 2. The number of fused-ring (bicyclic) bond motifs is 2. The number of aliphatic hydroxyl groups excluding tert-OH is 1. The lowest BCUT2D eigenvalue weighted by atomic mass is 9.70. The van der Waals surface area contributed by atoms with E-state index in [0.717, 1.165) is 24.8 Å². The van der Waals surface area contributed by atoms with Crippen LogP contribution in [0.5, 0.6) is 0 Å². The lowest BCUT2D eigenvalue weighted by Crippen LogP contribution is -2.59. The molecule has 2 bridgehead atoms. The zero-order valence-electron chi connectivity index (χ0n) is 43.2. The van der Waals surface area contributed by atoms with E-state index in [2.05, 4.69) is 46.8 Å². The van der Waals surface area contributed by atoms with Crippen molar-refractivity contribution in [2.45, 2.75) is 223 Å². The van der Waals surface area contributed by atoms with Crippen LogP contribution in [-0.2, 0) is 61.7 Å². The second-order valence-electron chi connectivity index (χ2n) is 21.7. The highest BCUT2D eigenvalue weighted by Gasteiger charge is 2.61. The molecule has 5 saturated heterocycles. The molecule has 70 heavy (non-hydrogen) atoms. The first-order chi connectivity index (χ1) is 33.5. The average molecular weight is 983 g/mol. The van der Waals surface area contributed by atoms with E-state index in [1.165, 1.54) is 0 Å². The van der Waals surface area contributed by atoms with Crippen LogP contribution in [-0.4, -0.2) is 140 Å². The highest BCUT2D eigenvalue weighted by atomic mass is 16.7. The summed E-state index contributed by atoms with van der Waals surface area (Å²) in [6.07, 6.45) is 12.7. The Hall–Kier alpha value is -2.80. The Morgan fingerprint density at radius 3 is 2.37 bits per heavy atom. The van der Waals surface area contributed by atoms with Crippen LogP contribution in [0.4, 0.5) is 0 Å². The molecule has 21 atom stereocenters. The molecule has 0 saturated carbocycles. The number of esters is 2. The number of hydrogen-bond donors (Lipinski definition) is 2.